The van der Waals surface area contributed by atoms with Gasteiger partial charge in [0.15, 0.2) is 0 Å². The van der Waals surface area contributed by atoms with Gasteiger partial charge in [0.2, 0.25) is 8.32 Å². The van der Waals surface area contributed by atoms with Gasteiger partial charge in [0.25, 0.3) is 0 Å². The van der Waals surface area contributed by atoms with E-state index in [0.717, 1.165) is 0 Å². The first-order valence-electron chi connectivity index (χ1n) is 6.14. The standard InChI is InChI=1S/C14H26OSi/c1-10-9-13(12(3)11(10)2)15-16(7,8)14(4,5)6/h9,12H,1-8H3. The maximum atomic E-state index is 6.37. The number of allylic oxidation sites excluding steroid dienone is 3. The summed E-state index contributed by atoms with van der Waals surface area (Å²) in [5.74, 6) is 1.65. The predicted octanol–water partition coefficient (Wildman–Crippen LogP) is 4.88. The molecule has 1 rings (SSSR count). The zero-order valence-electron chi connectivity index (χ0n) is 12.1. The van der Waals surface area contributed by atoms with Crippen LogP contribution >= 0.6 is 0 Å². The van der Waals surface area contributed by atoms with Crippen molar-refractivity contribution < 1.29 is 4.43 Å². The lowest BCUT2D eigenvalue weighted by Crippen LogP contribution is -2.40. The quantitative estimate of drug-likeness (QED) is 0.623. The Labute approximate surface area is 102 Å². The Morgan fingerprint density at radius 2 is 1.69 bits per heavy atom. The lowest BCUT2D eigenvalue weighted by atomic mass is 10.0. The molecule has 1 nitrogen and oxygen atoms in total. The Kier molecular flexibility index (Phi) is 3.44. The molecule has 92 valence electrons. The number of hydrogen-bond acceptors (Lipinski definition) is 1. The van der Waals surface area contributed by atoms with Crippen LogP contribution in [0.15, 0.2) is 23.0 Å². The van der Waals surface area contributed by atoms with E-state index >= 15 is 0 Å². The zero-order valence-corrected chi connectivity index (χ0v) is 13.1. The second-order valence-corrected chi connectivity index (χ2v) is 11.2. The average Bonchev–Trinajstić information content (AvgIpc) is 2.31. The van der Waals surface area contributed by atoms with Crippen molar-refractivity contribution >= 4 is 8.32 Å². The predicted molar refractivity (Wildman–Crippen MR) is 73.9 cm³/mol. The number of rotatable bonds is 2. The first kappa shape index (κ1) is 13.6. The van der Waals surface area contributed by atoms with Crippen molar-refractivity contribution in [3.8, 4) is 0 Å². The minimum absolute atomic E-state index is 0.276. The highest BCUT2D eigenvalue weighted by molar-refractivity contribution is 6.74. The van der Waals surface area contributed by atoms with Crippen LogP contribution in [0.3, 0.4) is 0 Å². The van der Waals surface area contributed by atoms with Gasteiger partial charge in [-0.25, -0.2) is 0 Å². The molecule has 1 atom stereocenters. The fraction of sp³-hybridized carbons (Fsp3) is 0.714. The molecule has 16 heavy (non-hydrogen) atoms. The molecule has 0 aromatic heterocycles. The third-order valence-corrected chi connectivity index (χ3v) is 8.59. The van der Waals surface area contributed by atoms with Crippen LogP contribution in [0.1, 0.15) is 41.5 Å². The Morgan fingerprint density at radius 3 is 2.00 bits per heavy atom. The highest BCUT2D eigenvalue weighted by Crippen LogP contribution is 2.41. The van der Waals surface area contributed by atoms with E-state index in [1.165, 1.54) is 16.9 Å². The van der Waals surface area contributed by atoms with E-state index in [9.17, 15) is 0 Å². The Bertz CT molecular complexity index is 342. The van der Waals surface area contributed by atoms with Crippen molar-refractivity contribution in [3.63, 3.8) is 0 Å². The monoisotopic (exact) mass is 238 g/mol. The minimum Gasteiger partial charge on any atom is -0.546 e. The van der Waals surface area contributed by atoms with Gasteiger partial charge >= 0.3 is 0 Å². The second kappa shape index (κ2) is 4.06. The molecule has 0 amide bonds. The molecule has 0 heterocycles. The second-order valence-electron chi connectivity index (χ2n) is 6.50. The van der Waals surface area contributed by atoms with Crippen molar-refractivity contribution in [1.29, 1.82) is 0 Å². The third kappa shape index (κ3) is 2.42. The van der Waals surface area contributed by atoms with E-state index in [1.807, 2.05) is 0 Å². The van der Waals surface area contributed by atoms with Crippen molar-refractivity contribution in [2.24, 2.45) is 5.92 Å². The molecule has 0 saturated heterocycles. The zero-order chi connectivity index (χ0) is 12.7. The summed E-state index contributed by atoms with van der Waals surface area (Å²) in [5.41, 5.74) is 2.83. The summed E-state index contributed by atoms with van der Waals surface area (Å²) in [6.07, 6.45) is 2.22. The normalized spacial score (nSPS) is 22.5. The van der Waals surface area contributed by atoms with Crippen LogP contribution in [0.2, 0.25) is 18.1 Å². The van der Waals surface area contributed by atoms with Gasteiger partial charge in [0.1, 0.15) is 0 Å². The average molecular weight is 238 g/mol. The summed E-state index contributed by atoms with van der Waals surface area (Å²) >= 11 is 0. The van der Waals surface area contributed by atoms with Crippen molar-refractivity contribution in [2.45, 2.75) is 59.7 Å². The SMILES string of the molecule is CC1=C(C)C(C)C(O[Si](C)(C)C(C)(C)C)=C1. The van der Waals surface area contributed by atoms with Crippen molar-refractivity contribution in [2.75, 3.05) is 0 Å². The van der Waals surface area contributed by atoms with Gasteiger partial charge in [0, 0.05) is 5.92 Å². The molecule has 1 aliphatic carbocycles. The Morgan fingerprint density at radius 1 is 1.19 bits per heavy atom. The molecule has 0 aliphatic heterocycles. The van der Waals surface area contributed by atoms with Crippen LogP contribution in [0.5, 0.6) is 0 Å². The topological polar surface area (TPSA) is 9.23 Å². The molecule has 0 saturated carbocycles. The van der Waals surface area contributed by atoms with Crippen LogP contribution in [-0.2, 0) is 4.43 Å². The lowest BCUT2D eigenvalue weighted by molar-refractivity contribution is 0.348. The van der Waals surface area contributed by atoms with Crippen LogP contribution < -0.4 is 0 Å². The number of hydrogen-bond donors (Lipinski definition) is 0. The fourth-order valence-corrected chi connectivity index (χ4v) is 2.70. The minimum atomic E-state index is -1.67. The van der Waals surface area contributed by atoms with Crippen molar-refractivity contribution in [3.05, 3.63) is 23.0 Å². The molecule has 0 bridgehead atoms. The first-order valence-corrected chi connectivity index (χ1v) is 9.05. The molecule has 0 N–H and O–H groups in total. The maximum absolute atomic E-state index is 6.37. The van der Waals surface area contributed by atoms with Gasteiger partial charge in [-0.15, -0.1) is 0 Å². The summed E-state index contributed by atoms with van der Waals surface area (Å²) in [4.78, 5) is 0. The van der Waals surface area contributed by atoms with E-state index in [1.54, 1.807) is 0 Å². The van der Waals surface area contributed by atoms with Gasteiger partial charge in [-0.3, -0.25) is 0 Å². The van der Waals surface area contributed by atoms with Gasteiger partial charge in [0.05, 0.1) is 5.76 Å². The molecule has 2 heteroatoms. The van der Waals surface area contributed by atoms with E-state index in [2.05, 4.69) is 60.7 Å². The van der Waals surface area contributed by atoms with E-state index in [4.69, 9.17) is 4.43 Å². The summed E-state index contributed by atoms with van der Waals surface area (Å²) in [6, 6.07) is 0. The van der Waals surface area contributed by atoms with E-state index in [0.29, 0.717) is 5.92 Å². The molecule has 0 spiro atoms. The summed E-state index contributed by atoms with van der Waals surface area (Å²) in [6.45, 7) is 18.1. The van der Waals surface area contributed by atoms with Gasteiger partial charge < -0.3 is 4.43 Å². The van der Waals surface area contributed by atoms with Crippen LogP contribution in [-0.4, -0.2) is 8.32 Å². The van der Waals surface area contributed by atoms with E-state index < -0.39 is 8.32 Å². The Balaban J connectivity index is 2.84. The van der Waals surface area contributed by atoms with Gasteiger partial charge in [-0.1, -0.05) is 33.3 Å². The third-order valence-electron chi connectivity index (χ3n) is 4.24. The van der Waals surface area contributed by atoms with Crippen LogP contribution in [0.25, 0.3) is 0 Å². The van der Waals surface area contributed by atoms with Crippen LogP contribution in [0.4, 0.5) is 0 Å². The summed E-state index contributed by atoms with van der Waals surface area (Å²) < 4.78 is 6.37. The van der Waals surface area contributed by atoms with E-state index in [-0.39, 0.29) is 5.04 Å². The van der Waals surface area contributed by atoms with Gasteiger partial charge in [-0.2, -0.15) is 0 Å². The van der Waals surface area contributed by atoms with Crippen LogP contribution in [0, 0.1) is 5.92 Å². The largest absolute Gasteiger partial charge is 0.546 e. The molecule has 0 radical (unpaired) electrons. The molecule has 0 aromatic rings. The molecule has 0 aromatic carbocycles. The highest BCUT2D eigenvalue weighted by Gasteiger charge is 2.40. The Hall–Kier alpha value is -0.503. The molecule has 0 fully saturated rings. The van der Waals surface area contributed by atoms with Gasteiger partial charge in [-0.05, 0) is 43.6 Å². The van der Waals surface area contributed by atoms with Crippen molar-refractivity contribution in [1.82, 2.24) is 0 Å². The maximum Gasteiger partial charge on any atom is 0.250 e. The lowest BCUT2D eigenvalue weighted by Gasteiger charge is -2.38. The molecular weight excluding hydrogens is 212 g/mol. The molecule has 1 aliphatic rings. The first-order chi connectivity index (χ1) is 7.06. The smallest absolute Gasteiger partial charge is 0.250 e. The molecule has 1 unspecified atom stereocenters. The fourth-order valence-electron chi connectivity index (χ4n) is 1.57. The highest BCUT2D eigenvalue weighted by atomic mass is 28.4. The summed E-state index contributed by atoms with van der Waals surface area (Å²) in [5, 5.41) is 0.276. The molecular formula is C14H26OSi. The summed E-state index contributed by atoms with van der Waals surface area (Å²) in [7, 11) is -1.67.